The number of carbonyl (C=O) groups excluding carboxylic acids is 1. The Morgan fingerprint density at radius 2 is 1.88 bits per heavy atom. The van der Waals surface area contributed by atoms with Crippen molar-refractivity contribution in [2.45, 2.75) is 37.6 Å². The normalized spacial score (nSPS) is 18.0. The predicted molar refractivity (Wildman–Crippen MR) is 115 cm³/mol. The maximum atomic E-state index is 15.2. The van der Waals surface area contributed by atoms with Gasteiger partial charge in [-0.1, -0.05) is 24.3 Å². The standard InChI is InChI=1S/C22H22F3NO4S2/c1-32(28,29)12-11-16(13-7-8-13)26-21(27)19-18(30-15-5-3-2-4-6-15)17(23)20(31-19)22(24,25)14-9-10-14/h2-6,11-14,16H,7-10H2,1H3,(H,26,27)/b12-11+/t16-/m1/s1. The highest BCUT2D eigenvalue weighted by Gasteiger charge is 2.52. The Morgan fingerprint density at radius 3 is 2.44 bits per heavy atom. The number of rotatable bonds is 9. The number of alkyl halides is 2. The lowest BCUT2D eigenvalue weighted by Crippen LogP contribution is -2.34. The molecule has 1 amide bonds. The fraction of sp³-hybridized carbons (Fsp3) is 0.409. The zero-order valence-electron chi connectivity index (χ0n) is 17.2. The molecule has 10 heteroatoms. The van der Waals surface area contributed by atoms with Crippen molar-refractivity contribution in [3.05, 3.63) is 57.4 Å². The molecule has 0 spiro atoms. The van der Waals surface area contributed by atoms with Crippen LogP contribution in [0.3, 0.4) is 0 Å². The maximum Gasteiger partial charge on any atom is 0.287 e. The summed E-state index contributed by atoms with van der Waals surface area (Å²) in [5.41, 5.74) is 0. The van der Waals surface area contributed by atoms with Gasteiger partial charge < -0.3 is 10.1 Å². The van der Waals surface area contributed by atoms with E-state index in [0.29, 0.717) is 24.2 Å². The molecule has 172 valence electrons. The first-order chi connectivity index (χ1) is 15.1. The molecule has 1 heterocycles. The number of hydrogen-bond acceptors (Lipinski definition) is 5. The number of amides is 1. The summed E-state index contributed by atoms with van der Waals surface area (Å²) in [5, 5.41) is 3.66. The number of hydrogen-bond donors (Lipinski definition) is 1. The van der Waals surface area contributed by atoms with Gasteiger partial charge in [0.25, 0.3) is 11.8 Å². The molecule has 2 aromatic rings. The van der Waals surface area contributed by atoms with Gasteiger partial charge in [0, 0.05) is 17.6 Å². The average molecular weight is 486 g/mol. The number of carbonyl (C=O) groups is 1. The fourth-order valence-corrected chi connectivity index (χ4v) is 4.83. The van der Waals surface area contributed by atoms with E-state index in [0.717, 1.165) is 24.5 Å². The topological polar surface area (TPSA) is 72.5 Å². The van der Waals surface area contributed by atoms with Crippen LogP contribution in [0.1, 0.15) is 40.2 Å². The van der Waals surface area contributed by atoms with Gasteiger partial charge >= 0.3 is 0 Å². The van der Waals surface area contributed by atoms with Gasteiger partial charge in [-0.2, -0.15) is 0 Å². The van der Waals surface area contributed by atoms with Crippen LogP contribution in [0.25, 0.3) is 0 Å². The van der Waals surface area contributed by atoms with Gasteiger partial charge in [-0.25, -0.2) is 21.6 Å². The summed E-state index contributed by atoms with van der Waals surface area (Å²) < 4.78 is 73.2. The number of thiophene rings is 1. The van der Waals surface area contributed by atoms with Crippen LogP contribution in [-0.2, 0) is 15.8 Å². The molecule has 1 atom stereocenters. The third kappa shape index (κ3) is 5.17. The zero-order valence-corrected chi connectivity index (χ0v) is 18.8. The van der Waals surface area contributed by atoms with Crippen LogP contribution >= 0.6 is 11.3 Å². The Hall–Kier alpha value is -2.33. The minimum absolute atomic E-state index is 0.0348. The molecule has 2 aliphatic carbocycles. The monoisotopic (exact) mass is 485 g/mol. The Morgan fingerprint density at radius 1 is 1.22 bits per heavy atom. The largest absolute Gasteiger partial charge is 0.453 e. The summed E-state index contributed by atoms with van der Waals surface area (Å²) in [5.74, 6) is -6.68. The van der Waals surface area contributed by atoms with Crippen molar-refractivity contribution in [3.8, 4) is 11.5 Å². The lowest BCUT2D eigenvalue weighted by Gasteiger charge is -2.14. The van der Waals surface area contributed by atoms with Gasteiger partial charge in [-0.05, 0) is 43.7 Å². The van der Waals surface area contributed by atoms with E-state index in [-0.39, 0.29) is 16.5 Å². The van der Waals surface area contributed by atoms with E-state index >= 15 is 4.39 Å². The SMILES string of the molecule is CS(=O)(=O)/C=C/[C@@H](NC(=O)c1sc(C(F)(F)C2CC2)c(F)c1Oc1ccccc1)C1CC1. The first kappa shape index (κ1) is 22.8. The number of halogens is 3. The maximum absolute atomic E-state index is 15.2. The molecular weight excluding hydrogens is 463 g/mol. The van der Waals surface area contributed by atoms with E-state index in [4.69, 9.17) is 4.74 Å². The molecule has 1 aromatic carbocycles. The van der Waals surface area contributed by atoms with E-state index in [9.17, 15) is 22.0 Å². The van der Waals surface area contributed by atoms with Gasteiger partial charge in [0.05, 0.1) is 6.04 Å². The van der Waals surface area contributed by atoms with Gasteiger partial charge in [-0.15, -0.1) is 11.3 Å². The quantitative estimate of drug-likeness (QED) is 0.527. The van der Waals surface area contributed by atoms with E-state index in [1.165, 1.54) is 18.2 Å². The number of ether oxygens (including phenoxy) is 1. The van der Waals surface area contributed by atoms with Crippen LogP contribution in [0.15, 0.2) is 41.8 Å². The minimum Gasteiger partial charge on any atom is -0.453 e. The highest BCUT2D eigenvalue weighted by molar-refractivity contribution is 7.93. The van der Waals surface area contributed by atoms with Crippen LogP contribution in [0.2, 0.25) is 0 Å². The van der Waals surface area contributed by atoms with Crippen molar-refractivity contribution in [3.63, 3.8) is 0 Å². The van der Waals surface area contributed by atoms with Crippen molar-refractivity contribution >= 4 is 27.1 Å². The second-order valence-electron chi connectivity index (χ2n) is 8.21. The third-order valence-electron chi connectivity index (χ3n) is 5.33. The number of sulfone groups is 1. The molecule has 0 aliphatic heterocycles. The molecule has 0 bridgehead atoms. The molecule has 0 saturated heterocycles. The molecular formula is C22H22F3NO4S2. The summed E-state index contributed by atoms with van der Waals surface area (Å²) in [6.07, 6.45) is 4.56. The number of para-hydroxylation sites is 1. The van der Waals surface area contributed by atoms with E-state index in [2.05, 4.69) is 5.32 Å². The summed E-state index contributed by atoms with van der Waals surface area (Å²) in [6.45, 7) is 0. The molecule has 32 heavy (non-hydrogen) atoms. The second-order valence-corrected chi connectivity index (χ2v) is 11.2. The lowest BCUT2D eigenvalue weighted by molar-refractivity contribution is -0.0279. The third-order valence-corrected chi connectivity index (χ3v) is 7.21. The highest BCUT2D eigenvalue weighted by Crippen LogP contribution is 2.54. The Bertz CT molecular complexity index is 1140. The van der Waals surface area contributed by atoms with Crippen LogP contribution in [-0.4, -0.2) is 26.6 Å². The molecule has 4 rings (SSSR count). The highest BCUT2D eigenvalue weighted by atomic mass is 32.2. The molecule has 2 saturated carbocycles. The number of benzene rings is 1. The molecule has 1 N–H and O–H groups in total. The summed E-state index contributed by atoms with van der Waals surface area (Å²) in [6, 6.07) is 7.43. The van der Waals surface area contributed by atoms with Crippen LogP contribution in [0.5, 0.6) is 11.5 Å². The average Bonchev–Trinajstić information content (AvgIpc) is 3.62. The summed E-state index contributed by atoms with van der Waals surface area (Å²) >= 11 is 0.382. The van der Waals surface area contributed by atoms with Crippen molar-refractivity contribution in [2.75, 3.05) is 6.26 Å². The Labute approximate surface area is 188 Å². The molecule has 5 nitrogen and oxygen atoms in total. The predicted octanol–water partition coefficient (Wildman–Crippen LogP) is 5.25. The van der Waals surface area contributed by atoms with E-state index < -0.39 is 50.1 Å². The molecule has 1 aromatic heterocycles. The lowest BCUT2D eigenvalue weighted by atomic mass is 10.1. The van der Waals surface area contributed by atoms with E-state index in [1.54, 1.807) is 18.2 Å². The fourth-order valence-electron chi connectivity index (χ4n) is 3.31. The molecule has 2 fully saturated rings. The molecule has 0 unspecified atom stereocenters. The smallest absolute Gasteiger partial charge is 0.287 e. The van der Waals surface area contributed by atoms with Gasteiger partial charge in [0.1, 0.15) is 15.5 Å². The Kier molecular flexibility index (Phi) is 6.10. The van der Waals surface area contributed by atoms with Gasteiger partial charge in [0.2, 0.25) is 0 Å². The zero-order chi connectivity index (χ0) is 23.1. The van der Waals surface area contributed by atoms with E-state index in [1.807, 2.05) is 0 Å². The Balaban J connectivity index is 1.67. The van der Waals surface area contributed by atoms with Gasteiger partial charge in [0.15, 0.2) is 21.4 Å². The van der Waals surface area contributed by atoms with Crippen molar-refractivity contribution in [1.29, 1.82) is 0 Å². The second kappa shape index (κ2) is 8.55. The first-order valence-corrected chi connectivity index (χ1v) is 13.0. The van der Waals surface area contributed by atoms with Crippen molar-refractivity contribution in [2.24, 2.45) is 11.8 Å². The van der Waals surface area contributed by atoms with Crippen LogP contribution in [0, 0.1) is 17.7 Å². The number of nitrogens with one attached hydrogen (secondary N) is 1. The summed E-state index contributed by atoms with van der Waals surface area (Å²) in [7, 11) is -3.41. The van der Waals surface area contributed by atoms with Gasteiger partial charge in [-0.3, -0.25) is 4.79 Å². The first-order valence-electron chi connectivity index (χ1n) is 10.2. The molecule has 2 aliphatic rings. The van der Waals surface area contributed by atoms with Crippen molar-refractivity contribution in [1.82, 2.24) is 5.32 Å². The molecule has 0 radical (unpaired) electrons. The minimum atomic E-state index is -3.41. The van der Waals surface area contributed by atoms with Crippen LogP contribution < -0.4 is 10.1 Å². The van der Waals surface area contributed by atoms with Crippen molar-refractivity contribution < 1.29 is 31.1 Å². The van der Waals surface area contributed by atoms with Crippen LogP contribution in [0.4, 0.5) is 13.2 Å². The summed E-state index contributed by atoms with van der Waals surface area (Å²) in [4.78, 5) is 11.9.